The van der Waals surface area contributed by atoms with Crippen LogP contribution in [-0.4, -0.2) is 28.9 Å². The third-order valence-corrected chi connectivity index (χ3v) is 4.24. The van der Waals surface area contributed by atoms with E-state index in [2.05, 4.69) is 10.4 Å². The molecular weight excluding hydrogens is 354 g/mol. The Hall–Kier alpha value is -2.99. The number of benzene rings is 2. The molecule has 0 bridgehead atoms. The summed E-state index contributed by atoms with van der Waals surface area (Å²) in [7, 11) is 0. The lowest BCUT2D eigenvalue weighted by Gasteiger charge is -2.20. The average molecular weight is 370 g/mol. The number of amides is 1. The van der Waals surface area contributed by atoms with Gasteiger partial charge in [-0.15, -0.1) is 0 Å². The summed E-state index contributed by atoms with van der Waals surface area (Å²) < 4.78 is 12.7. The predicted molar refractivity (Wildman–Crippen MR) is 98.3 cm³/mol. The molecular formula is C19H16ClN3O3. The molecule has 1 N–H and O–H groups in total. The van der Waals surface area contributed by atoms with Crippen LogP contribution in [0.4, 0.5) is 5.69 Å². The number of ether oxygens (including phenoxy) is 2. The number of nitrogens with one attached hydrogen (secondary N) is 1. The fraction of sp³-hybridized carbons (Fsp3) is 0.158. The first kappa shape index (κ1) is 16.5. The van der Waals surface area contributed by atoms with E-state index in [0.29, 0.717) is 35.4 Å². The van der Waals surface area contributed by atoms with E-state index in [1.54, 1.807) is 23.0 Å². The zero-order chi connectivity index (χ0) is 17.9. The van der Waals surface area contributed by atoms with Crippen molar-refractivity contribution in [3.63, 3.8) is 0 Å². The maximum Gasteiger partial charge on any atom is 0.228 e. The van der Waals surface area contributed by atoms with Crippen LogP contribution in [0.25, 0.3) is 5.69 Å². The molecule has 26 heavy (non-hydrogen) atoms. The summed E-state index contributed by atoms with van der Waals surface area (Å²) in [6.07, 6.45) is 3.70. The molecule has 0 spiro atoms. The first-order valence-corrected chi connectivity index (χ1v) is 8.55. The van der Waals surface area contributed by atoms with Gasteiger partial charge in [0.05, 0.1) is 29.0 Å². The average Bonchev–Trinajstić information content (AvgIpc) is 3.11. The van der Waals surface area contributed by atoms with Crippen molar-refractivity contribution in [2.45, 2.75) is 6.42 Å². The molecule has 0 saturated carbocycles. The van der Waals surface area contributed by atoms with E-state index in [1.807, 2.05) is 36.5 Å². The first-order valence-electron chi connectivity index (χ1n) is 8.17. The normalized spacial score (nSPS) is 12.7. The lowest BCUT2D eigenvalue weighted by Crippen LogP contribution is -2.17. The van der Waals surface area contributed by atoms with Crippen LogP contribution < -0.4 is 14.8 Å². The fourth-order valence-electron chi connectivity index (χ4n) is 2.71. The molecule has 3 aromatic rings. The first-order chi connectivity index (χ1) is 12.7. The molecule has 0 atom stereocenters. The molecule has 0 fully saturated rings. The molecule has 4 rings (SSSR count). The molecule has 1 amide bonds. The highest BCUT2D eigenvalue weighted by atomic mass is 35.5. The van der Waals surface area contributed by atoms with Gasteiger partial charge in [0.15, 0.2) is 11.5 Å². The van der Waals surface area contributed by atoms with E-state index in [1.165, 1.54) is 0 Å². The summed E-state index contributed by atoms with van der Waals surface area (Å²) in [5.74, 6) is 0.979. The standard InChI is InChI=1S/C19H16ClN3O3/c20-15-9-17-18(26-7-6-25-17)10-16(15)22-19(24)8-13-11-21-23(12-13)14-4-2-1-3-5-14/h1-5,9-12H,6-8H2,(H,22,24). The maximum atomic E-state index is 12.4. The van der Waals surface area contributed by atoms with Crippen LogP contribution >= 0.6 is 11.6 Å². The summed E-state index contributed by atoms with van der Waals surface area (Å²) in [5, 5.41) is 7.52. The molecule has 0 unspecified atom stereocenters. The highest BCUT2D eigenvalue weighted by molar-refractivity contribution is 6.34. The van der Waals surface area contributed by atoms with Crippen molar-refractivity contribution in [2.24, 2.45) is 0 Å². The highest BCUT2D eigenvalue weighted by Gasteiger charge is 2.16. The summed E-state index contributed by atoms with van der Waals surface area (Å²) in [5.41, 5.74) is 2.24. The maximum absolute atomic E-state index is 12.4. The molecule has 0 aliphatic carbocycles. The third kappa shape index (κ3) is 3.50. The molecule has 1 aliphatic heterocycles. The molecule has 2 aromatic carbocycles. The number of carbonyl (C=O) groups is 1. The summed E-state index contributed by atoms with van der Waals surface area (Å²) in [6.45, 7) is 0.959. The minimum absolute atomic E-state index is 0.184. The van der Waals surface area contributed by atoms with Crippen LogP contribution in [0, 0.1) is 0 Å². The Kier molecular flexibility index (Phi) is 4.50. The van der Waals surface area contributed by atoms with Gasteiger partial charge in [0.1, 0.15) is 13.2 Å². The van der Waals surface area contributed by atoms with Crippen molar-refractivity contribution in [3.05, 3.63) is 65.4 Å². The number of fused-ring (bicyclic) bond motifs is 1. The summed E-state index contributed by atoms with van der Waals surface area (Å²) >= 11 is 6.23. The topological polar surface area (TPSA) is 65.4 Å². The summed E-state index contributed by atoms with van der Waals surface area (Å²) in [4.78, 5) is 12.4. The van der Waals surface area contributed by atoms with Crippen molar-refractivity contribution in [1.29, 1.82) is 0 Å². The highest BCUT2D eigenvalue weighted by Crippen LogP contribution is 2.37. The molecule has 0 radical (unpaired) electrons. The van der Waals surface area contributed by atoms with Crippen LogP contribution in [0.5, 0.6) is 11.5 Å². The monoisotopic (exact) mass is 369 g/mol. The predicted octanol–water partition coefficient (Wildman–Crippen LogP) is 3.48. The van der Waals surface area contributed by atoms with Gasteiger partial charge in [-0.05, 0) is 17.7 Å². The Morgan fingerprint density at radius 2 is 1.88 bits per heavy atom. The second-order valence-electron chi connectivity index (χ2n) is 5.83. The Bertz CT molecular complexity index is 940. The van der Waals surface area contributed by atoms with Crippen LogP contribution in [0.2, 0.25) is 5.02 Å². The van der Waals surface area contributed by atoms with E-state index in [-0.39, 0.29) is 12.3 Å². The van der Waals surface area contributed by atoms with Crippen LogP contribution in [0.15, 0.2) is 54.9 Å². The Balaban J connectivity index is 1.45. The number of nitrogens with zero attached hydrogens (tertiary/aromatic N) is 2. The minimum Gasteiger partial charge on any atom is -0.486 e. The zero-order valence-electron chi connectivity index (χ0n) is 13.8. The lowest BCUT2D eigenvalue weighted by atomic mass is 10.2. The Morgan fingerprint density at radius 1 is 1.15 bits per heavy atom. The van der Waals surface area contributed by atoms with E-state index in [0.717, 1.165) is 11.3 Å². The molecule has 6 nitrogen and oxygen atoms in total. The van der Waals surface area contributed by atoms with E-state index in [9.17, 15) is 4.79 Å². The van der Waals surface area contributed by atoms with E-state index >= 15 is 0 Å². The van der Waals surface area contributed by atoms with Gasteiger partial charge in [0, 0.05) is 18.3 Å². The van der Waals surface area contributed by atoms with Crippen molar-refractivity contribution in [3.8, 4) is 17.2 Å². The number of aromatic nitrogens is 2. The van der Waals surface area contributed by atoms with Crippen molar-refractivity contribution >= 4 is 23.2 Å². The summed E-state index contributed by atoms with van der Waals surface area (Å²) in [6, 6.07) is 13.1. The molecule has 1 aliphatic rings. The van der Waals surface area contributed by atoms with Crippen molar-refractivity contribution < 1.29 is 14.3 Å². The van der Waals surface area contributed by atoms with Gasteiger partial charge in [-0.1, -0.05) is 29.8 Å². The minimum atomic E-state index is -0.184. The van der Waals surface area contributed by atoms with E-state index < -0.39 is 0 Å². The van der Waals surface area contributed by atoms with Crippen molar-refractivity contribution in [2.75, 3.05) is 18.5 Å². The zero-order valence-corrected chi connectivity index (χ0v) is 14.6. The second kappa shape index (κ2) is 7.09. The molecule has 1 aromatic heterocycles. The number of hydrogen-bond donors (Lipinski definition) is 1. The van der Waals surface area contributed by atoms with Crippen LogP contribution in [-0.2, 0) is 11.2 Å². The van der Waals surface area contributed by atoms with Crippen molar-refractivity contribution in [1.82, 2.24) is 9.78 Å². The van der Waals surface area contributed by atoms with Gasteiger partial charge in [0.2, 0.25) is 5.91 Å². The lowest BCUT2D eigenvalue weighted by molar-refractivity contribution is -0.115. The van der Waals surface area contributed by atoms with Gasteiger partial charge >= 0.3 is 0 Å². The van der Waals surface area contributed by atoms with Gasteiger partial charge in [-0.25, -0.2) is 4.68 Å². The number of rotatable bonds is 4. The van der Waals surface area contributed by atoms with Gasteiger partial charge < -0.3 is 14.8 Å². The molecule has 2 heterocycles. The SMILES string of the molecule is O=C(Cc1cnn(-c2ccccc2)c1)Nc1cc2c(cc1Cl)OCCO2. The van der Waals surface area contributed by atoms with Crippen LogP contribution in [0.1, 0.15) is 5.56 Å². The smallest absolute Gasteiger partial charge is 0.228 e. The fourth-order valence-corrected chi connectivity index (χ4v) is 2.91. The number of anilines is 1. The van der Waals surface area contributed by atoms with Gasteiger partial charge in [-0.3, -0.25) is 4.79 Å². The van der Waals surface area contributed by atoms with Crippen LogP contribution in [0.3, 0.4) is 0 Å². The number of halogens is 1. The largest absolute Gasteiger partial charge is 0.486 e. The van der Waals surface area contributed by atoms with E-state index in [4.69, 9.17) is 21.1 Å². The molecule has 132 valence electrons. The van der Waals surface area contributed by atoms with Gasteiger partial charge in [0.25, 0.3) is 0 Å². The number of hydrogen-bond acceptors (Lipinski definition) is 4. The third-order valence-electron chi connectivity index (χ3n) is 3.93. The molecule has 7 heteroatoms. The number of carbonyl (C=O) groups excluding carboxylic acids is 1. The number of para-hydroxylation sites is 1. The Morgan fingerprint density at radius 3 is 2.65 bits per heavy atom. The quantitative estimate of drug-likeness (QED) is 0.764. The Labute approximate surface area is 155 Å². The molecule has 0 saturated heterocycles. The second-order valence-corrected chi connectivity index (χ2v) is 6.24. The van der Waals surface area contributed by atoms with Gasteiger partial charge in [-0.2, -0.15) is 5.10 Å².